The number of benzene rings is 4. The first kappa shape index (κ1) is 31.4. The number of fused-ring (bicyclic) bond motifs is 1. The molecule has 236 valence electrons. The van der Waals surface area contributed by atoms with E-state index in [1.54, 1.807) is 55.6 Å². The fourth-order valence-corrected chi connectivity index (χ4v) is 6.09. The van der Waals surface area contributed by atoms with Crippen LogP contribution in [0.25, 0.3) is 17.4 Å². The van der Waals surface area contributed by atoms with Crippen molar-refractivity contribution >= 4 is 41.2 Å². The van der Waals surface area contributed by atoms with Crippen molar-refractivity contribution in [2.24, 2.45) is 0 Å². The van der Waals surface area contributed by atoms with Crippen LogP contribution in [0.5, 0.6) is 5.75 Å². The number of carbonyl (C=O) groups is 3. The summed E-state index contributed by atoms with van der Waals surface area (Å²) in [6.45, 7) is 1.36. The molecule has 47 heavy (non-hydrogen) atoms. The number of para-hydroxylation sites is 1. The van der Waals surface area contributed by atoms with Crippen LogP contribution in [0.2, 0.25) is 0 Å². The van der Waals surface area contributed by atoms with Crippen molar-refractivity contribution < 1.29 is 23.5 Å². The summed E-state index contributed by atoms with van der Waals surface area (Å²) in [5.74, 6) is 1.04. The van der Waals surface area contributed by atoms with E-state index in [9.17, 15) is 14.4 Å². The van der Waals surface area contributed by atoms with Gasteiger partial charge in [-0.05, 0) is 78.2 Å². The van der Waals surface area contributed by atoms with Gasteiger partial charge in [0.15, 0.2) is 0 Å². The minimum absolute atomic E-state index is 0.00642. The van der Waals surface area contributed by atoms with E-state index in [1.807, 2.05) is 59.5 Å². The Bertz CT molecular complexity index is 1920. The van der Waals surface area contributed by atoms with Gasteiger partial charge in [0.05, 0.1) is 18.4 Å². The number of hydrogen-bond acceptors (Lipinski definition) is 6. The monoisotopic (exact) mass is 643 g/mol. The number of nitrogens with one attached hydrogen (secondary N) is 2. The van der Waals surface area contributed by atoms with E-state index in [1.165, 1.54) is 29.0 Å². The topological polar surface area (TPSA) is 101 Å². The lowest BCUT2D eigenvalue weighted by Gasteiger charge is -2.28. The highest BCUT2D eigenvalue weighted by Gasteiger charge is 2.21. The molecule has 1 aliphatic rings. The minimum Gasteiger partial charge on any atom is -0.496 e. The molecule has 4 aromatic carbocycles. The van der Waals surface area contributed by atoms with Gasteiger partial charge in [0.25, 0.3) is 11.8 Å². The van der Waals surface area contributed by atoms with E-state index < -0.39 is 11.8 Å². The largest absolute Gasteiger partial charge is 0.496 e. The third-order valence-corrected chi connectivity index (χ3v) is 8.77. The zero-order valence-corrected chi connectivity index (χ0v) is 26.6. The Morgan fingerprint density at radius 1 is 0.851 bits per heavy atom. The lowest BCUT2D eigenvalue weighted by Crippen LogP contribution is -2.37. The lowest BCUT2D eigenvalue weighted by atomic mass is 10.00. The van der Waals surface area contributed by atoms with Crippen LogP contribution >= 0.6 is 11.8 Å². The number of thioether (sulfide) groups is 1. The van der Waals surface area contributed by atoms with Crippen LogP contribution in [-0.4, -0.2) is 42.0 Å². The molecule has 0 saturated heterocycles. The van der Waals surface area contributed by atoms with E-state index in [0.29, 0.717) is 40.8 Å². The summed E-state index contributed by atoms with van der Waals surface area (Å²) in [7, 11) is 1.59. The molecule has 0 bridgehead atoms. The van der Waals surface area contributed by atoms with Gasteiger partial charge in [0.1, 0.15) is 23.0 Å². The molecular weight excluding hydrogens is 611 g/mol. The van der Waals surface area contributed by atoms with Gasteiger partial charge in [-0.15, -0.1) is 11.8 Å². The van der Waals surface area contributed by atoms with Crippen LogP contribution in [0.1, 0.15) is 27.2 Å². The Balaban J connectivity index is 1.13. The second-order valence-corrected chi connectivity index (χ2v) is 11.9. The van der Waals surface area contributed by atoms with E-state index in [-0.39, 0.29) is 11.6 Å². The first-order valence-electron chi connectivity index (χ1n) is 15.2. The Morgan fingerprint density at radius 2 is 1.57 bits per heavy atom. The van der Waals surface area contributed by atoms with E-state index in [2.05, 4.69) is 22.8 Å². The van der Waals surface area contributed by atoms with Gasteiger partial charge in [-0.1, -0.05) is 54.6 Å². The minimum atomic E-state index is -0.523. The zero-order chi connectivity index (χ0) is 32.6. The Morgan fingerprint density at radius 3 is 2.36 bits per heavy atom. The van der Waals surface area contributed by atoms with Gasteiger partial charge in [-0.25, -0.2) is 0 Å². The molecule has 0 saturated carbocycles. The zero-order valence-electron chi connectivity index (χ0n) is 25.8. The van der Waals surface area contributed by atoms with Crippen molar-refractivity contribution in [1.29, 1.82) is 0 Å². The fourth-order valence-electron chi connectivity index (χ4n) is 5.29. The molecule has 6 rings (SSSR count). The summed E-state index contributed by atoms with van der Waals surface area (Å²) in [4.78, 5) is 42.3. The molecule has 1 aliphatic heterocycles. The number of ether oxygens (including phenoxy) is 1. The molecule has 2 heterocycles. The third kappa shape index (κ3) is 7.82. The maximum absolute atomic E-state index is 13.5. The maximum Gasteiger partial charge on any atom is 0.272 e. The van der Waals surface area contributed by atoms with Gasteiger partial charge >= 0.3 is 0 Å². The normalized spacial score (nSPS) is 12.6. The molecule has 3 amide bonds. The summed E-state index contributed by atoms with van der Waals surface area (Å²) in [5.41, 5.74) is 4.22. The Labute approximate surface area is 277 Å². The van der Waals surface area contributed by atoms with Crippen LogP contribution in [0.4, 0.5) is 5.69 Å². The molecule has 2 N–H and O–H groups in total. The van der Waals surface area contributed by atoms with Gasteiger partial charge in [-0.2, -0.15) is 0 Å². The maximum atomic E-state index is 13.5. The predicted octanol–water partition coefficient (Wildman–Crippen LogP) is 7.04. The Kier molecular flexibility index (Phi) is 9.84. The number of anilines is 1. The van der Waals surface area contributed by atoms with Gasteiger partial charge in [0.2, 0.25) is 5.91 Å². The number of carbonyl (C=O) groups excluding carboxylic acids is 3. The molecule has 1 aromatic heterocycles. The molecule has 0 fully saturated rings. The van der Waals surface area contributed by atoms with Crippen LogP contribution in [0, 0.1) is 0 Å². The summed E-state index contributed by atoms with van der Waals surface area (Å²) in [6.07, 6.45) is 2.36. The molecule has 0 atom stereocenters. The SMILES string of the molecule is COc1ccccc1-c1ccc(/C=C(/NC(=O)c2ccccc2)C(=O)Nc2ccc(SCC(=O)N3CCc4ccccc4C3)cc2)o1. The molecule has 8 nitrogen and oxygen atoms in total. The molecule has 0 radical (unpaired) electrons. The van der Waals surface area contributed by atoms with Crippen molar-refractivity contribution in [3.63, 3.8) is 0 Å². The molecule has 0 aliphatic carbocycles. The smallest absolute Gasteiger partial charge is 0.272 e. The van der Waals surface area contributed by atoms with Crippen LogP contribution in [0.15, 0.2) is 130 Å². The second-order valence-electron chi connectivity index (χ2n) is 10.9. The van der Waals surface area contributed by atoms with Gasteiger partial charge in [-0.3, -0.25) is 14.4 Å². The molecule has 0 spiro atoms. The van der Waals surface area contributed by atoms with Crippen molar-refractivity contribution in [2.75, 3.05) is 24.7 Å². The lowest BCUT2D eigenvalue weighted by molar-refractivity contribution is -0.129. The van der Waals surface area contributed by atoms with E-state index in [0.717, 1.165) is 23.4 Å². The molecule has 5 aromatic rings. The first-order valence-corrected chi connectivity index (χ1v) is 16.2. The number of hydrogen-bond donors (Lipinski definition) is 2. The number of furan rings is 1. The second kappa shape index (κ2) is 14.7. The summed E-state index contributed by atoms with van der Waals surface area (Å²) in [5, 5.41) is 5.60. The van der Waals surface area contributed by atoms with Crippen molar-refractivity contribution in [1.82, 2.24) is 10.2 Å². The Hall–Kier alpha value is -5.54. The van der Waals surface area contributed by atoms with Gasteiger partial charge in [0, 0.05) is 35.3 Å². The number of rotatable bonds is 10. The van der Waals surface area contributed by atoms with Gasteiger partial charge < -0.3 is 24.7 Å². The third-order valence-electron chi connectivity index (χ3n) is 7.77. The average Bonchev–Trinajstić information content (AvgIpc) is 3.59. The van der Waals surface area contributed by atoms with Crippen molar-refractivity contribution in [3.8, 4) is 17.1 Å². The highest BCUT2D eigenvalue weighted by atomic mass is 32.2. The highest BCUT2D eigenvalue weighted by Crippen LogP contribution is 2.31. The van der Waals surface area contributed by atoms with E-state index in [4.69, 9.17) is 9.15 Å². The van der Waals surface area contributed by atoms with Crippen molar-refractivity contribution in [2.45, 2.75) is 17.9 Å². The molecular formula is C38H33N3O5S. The van der Waals surface area contributed by atoms with E-state index >= 15 is 0 Å². The predicted molar refractivity (Wildman–Crippen MR) is 184 cm³/mol. The summed E-state index contributed by atoms with van der Waals surface area (Å²) >= 11 is 1.45. The number of amides is 3. The molecule has 0 unspecified atom stereocenters. The van der Waals surface area contributed by atoms with Crippen LogP contribution in [-0.2, 0) is 22.6 Å². The highest BCUT2D eigenvalue weighted by molar-refractivity contribution is 8.00. The average molecular weight is 644 g/mol. The fraction of sp³-hybridized carbons (Fsp3) is 0.132. The molecule has 9 heteroatoms. The van der Waals surface area contributed by atoms with Crippen molar-refractivity contribution in [3.05, 3.63) is 143 Å². The summed E-state index contributed by atoms with van der Waals surface area (Å²) < 4.78 is 11.5. The number of methoxy groups -OCH3 is 1. The first-order chi connectivity index (χ1) is 23.0. The van der Waals surface area contributed by atoms with Crippen LogP contribution < -0.4 is 15.4 Å². The number of nitrogens with zero attached hydrogens (tertiary/aromatic N) is 1. The standard InChI is InChI=1S/C38H33N3O5S/c1-45-34-14-8-7-13-32(34)35-20-17-30(46-35)23-33(40-37(43)27-10-3-2-4-11-27)38(44)39-29-15-18-31(19-16-29)47-25-36(42)41-22-21-26-9-5-6-12-28(26)24-41/h2-20,23H,21-22,24-25H2,1H3,(H,39,44)(H,40,43)/b33-23+. The van der Waals surface area contributed by atoms with Crippen LogP contribution in [0.3, 0.4) is 0 Å². The quantitative estimate of drug-likeness (QED) is 0.125. The summed E-state index contributed by atoms with van der Waals surface area (Å²) in [6, 6.07) is 35.1.